The maximum atomic E-state index is 12.0. The minimum Gasteiger partial charge on any atom is -0.462 e. The Bertz CT molecular complexity index is 624. The van der Waals surface area contributed by atoms with Gasteiger partial charge in [0.25, 0.3) is 0 Å². The summed E-state index contributed by atoms with van der Waals surface area (Å²) in [6, 6.07) is 19.5. The molecule has 0 aliphatic carbocycles. The molecule has 22 heavy (non-hydrogen) atoms. The molecule has 0 aromatic heterocycles. The van der Waals surface area contributed by atoms with Crippen LogP contribution in [0.25, 0.3) is 0 Å². The van der Waals surface area contributed by atoms with Crippen molar-refractivity contribution in [3.63, 3.8) is 0 Å². The van der Waals surface area contributed by atoms with E-state index in [-0.39, 0.29) is 12.6 Å². The highest BCUT2D eigenvalue weighted by atomic mass is 16.6. The van der Waals surface area contributed by atoms with Gasteiger partial charge in [0.1, 0.15) is 12.2 Å². The molecule has 2 atom stereocenters. The van der Waals surface area contributed by atoms with E-state index in [1.165, 1.54) is 5.56 Å². The van der Waals surface area contributed by atoms with Gasteiger partial charge < -0.3 is 9.84 Å². The first-order chi connectivity index (χ1) is 10.7. The van der Waals surface area contributed by atoms with Crippen LogP contribution in [0, 0.1) is 5.92 Å². The summed E-state index contributed by atoms with van der Waals surface area (Å²) in [6.45, 7) is 0.0475. The Labute approximate surface area is 130 Å². The van der Waals surface area contributed by atoms with Gasteiger partial charge in [-0.2, -0.15) is 0 Å². The van der Waals surface area contributed by atoms with Gasteiger partial charge in [0, 0.05) is 0 Å². The van der Waals surface area contributed by atoms with Gasteiger partial charge in [0.05, 0.1) is 5.92 Å². The van der Waals surface area contributed by atoms with E-state index in [1.54, 1.807) is 0 Å². The number of ether oxygens (including phenoxy) is 1. The molecule has 1 saturated heterocycles. The van der Waals surface area contributed by atoms with Gasteiger partial charge in [0.15, 0.2) is 0 Å². The molecule has 0 spiro atoms. The number of carbonyl (C=O) groups is 1. The highest BCUT2D eigenvalue weighted by molar-refractivity contribution is 5.76. The van der Waals surface area contributed by atoms with E-state index in [2.05, 4.69) is 12.1 Å². The van der Waals surface area contributed by atoms with Crippen LogP contribution in [0.15, 0.2) is 60.7 Å². The second-order valence-corrected chi connectivity index (χ2v) is 5.83. The Balaban J connectivity index is 1.69. The summed E-state index contributed by atoms with van der Waals surface area (Å²) in [5.41, 5.74) is 0.803. The van der Waals surface area contributed by atoms with E-state index in [0.29, 0.717) is 6.42 Å². The van der Waals surface area contributed by atoms with Crippen LogP contribution < -0.4 is 0 Å². The fourth-order valence-corrected chi connectivity index (χ4v) is 3.10. The second-order valence-electron chi connectivity index (χ2n) is 5.83. The summed E-state index contributed by atoms with van der Waals surface area (Å²) in [4.78, 5) is 12.0. The molecule has 3 heteroatoms. The van der Waals surface area contributed by atoms with Crippen molar-refractivity contribution in [1.82, 2.24) is 0 Å². The number of hydrogen-bond acceptors (Lipinski definition) is 3. The molecule has 1 aliphatic heterocycles. The zero-order chi connectivity index (χ0) is 15.4. The van der Waals surface area contributed by atoms with Crippen molar-refractivity contribution in [2.75, 3.05) is 6.61 Å². The molecule has 0 saturated carbocycles. The lowest BCUT2D eigenvalue weighted by molar-refractivity contribution is -0.141. The van der Waals surface area contributed by atoms with Crippen molar-refractivity contribution < 1.29 is 14.6 Å². The highest BCUT2D eigenvalue weighted by Crippen LogP contribution is 2.39. The summed E-state index contributed by atoms with van der Waals surface area (Å²) in [7, 11) is 0. The smallest absolute Gasteiger partial charge is 0.312 e. The first-order valence-electron chi connectivity index (χ1n) is 7.68. The van der Waals surface area contributed by atoms with E-state index in [4.69, 9.17) is 4.74 Å². The Morgan fingerprint density at radius 3 is 2.36 bits per heavy atom. The molecule has 1 fully saturated rings. The lowest BCUT2D eigenvalue weighted by Crippen LogP contribution is -2.35. The molecule has 3 nitrogen and oxygen atoms in total. The fourth-order valence-electron chi connectivity index (χ4n) is 3.10. The van der Waals surface area contributed by atoms with Crippen LogP contribution >= 0.6 is 0 Å². The van der Waals surface area contributed by atoms with E-state index in [0.717, 1.165) is 18.4 Å². The molecule has 1 heterocycles. The predicted octanol–water partition coefficient (Wildman–Crippen LogP) is 3.07. The Morgan fingerprint density at radius 2 is 1.68 bits per heavy atom. The zero-order valence-corrected chi connectivity index (χ0v) is 12.4. The van der Waals surface area contributed by atoms with E-state index in [1.807, 2.05) is 48.5 Å². The van der Waals surface area contributed by atoms with Crippen molar-refractivity contribution in [2.24, 2.45) is 5.92 Å². The molecule has 2 aromatic rings. The third-order valence-corrected chi connectivity index (χ3v) is 4.37. The first-order valence-corrected chi connectivity index (χ1v) is 7.68. The van der Waals surface area contributed by atoms with Gasteiger partial charge in [-0.15, -0.1) is 0 Å². The first kappa shape index (κ1) is 14.8. The average Bonchev–Trinajstić information content (AvgIpc) is 2.86. The number of benzene rings is 2. The largest absolute Gasteiger partial charge is 0.462 e. The monoisotopic (exact) mass is 296 g/mol. The molecule has 0 amide bonds. The third kappa shape index (κ3) is 2.90. The van der Waals surface area contributed by atoms with E-state index < -0.39 is 11.5 Å². The zero-order valence-electron chi connectivity index (χ0n) is 12.4. The Hall–Kier alpha value is -2.13. The summed E-state index contributed by atoms with van der Waals surface area (Å²) < 4.78 is 5.15. The molecule has 1 N–H and O–H groups in total. The van der Waals surface area contributed by atoms with Crippen molar-refractivity contribution in [3.8, 4) is 0 Å². The van der Waals surface area contributed by atoms with Gasteiger partial charge in [-0.3, -0.25) is 4.79 Å². The molecular weight excluding hydrogens is 276 g/mol. The quantitative estimate of drug-likeness (QED) is 0.863. The number of esters is 1. The Morgan fingerprint density at radius 1 is 1.05 bits per heavy atom. The maximum absolute atomic E-state index is 12.0. The minimum absolute atomic E-state index is 0.0475. The van der Waals surface area contributed by atoms with Crippen LogP contribution in [-0.2, 0) is 21.6 Å². The standard InChI is InChI=1S/C19H20O3/c20-18-17(13-7-10-15-8-3-1-4-9-15)19(21,14-22-18)16-11-5-2-6-12-16/h1-6,8-9,11-12,17,21H,7,10,13-14H2/t17-,19-/m1/s1. The number of rotatable bonds is 5. The van der Waals surface area contributed by atoms with Gasteiger partial charge in [-0.05, 0) is 30.4 Å². The van der Waals surface area contributed by atoms with Gasteiger partial charge >= 0.3 is 5.97 Å². The second kappa shape index (κ2) is 6.32. The summed E-state index contributed by atoms with van der Waals surface area (Å²) >= 11 is 0. The fraction of sp³-hybridized carbons (Fsp3) is 0.316. The number of aryl methyl sites for hydroxylation is 1. The molecule has 114 valence electrons. The lowest BCUT2D eigenvalue weighted by atomic mass is 9.80. The van der Waals surface area contributed by atoms with Crippen LogP contribution in [0.1, 0.15) is 24.0 Å². The van der Waals surface area contributed by atoms with Crippen LogP contribution in [-0.4, -0.2) is 17.7 Å². The number of aliphatic hydroxyl groups is 1. The SMILES string of the molecule is O=C1OC[C@@](O)(c2ccccc2)[C@@H]1CCCc1ccccc1. The lowest BCUT2D eigenvalue weighted by Gasteiger charge is -2.26. The number of carbonyl (C=O) groups excluding carboxylic acids is 1. The van der Waals surface area contributed by atoms with Crippen molar-refractivity contribution in [3.05, 3.63) is 71.8 Å². The van der Waals surface area contributed by atoms with Gasteiger partial charge in [-0.1, -0.05) is 60.7 Å². The van der Waals surface area contributed by atoms with Gasteiger partial charge in [0.2, 0.25) is 0 Å². The Kier molecular flexibility index (Phi) is 4.25. The molecule has 1 aliphatic rings. The van der Waals surface area contributed by atoms with Crippen LogP contribution in [0.2, 0.25) is 0 Å². The minimum atomic E-state index is -1.20. The molecule has 0 unspecified atom stereocenters. The van der Waals surface area contributed by atoms with E-state index >= 15 is 0 Å². The van der Waals surface area contributed by atoms with Crippen molar-refractivity contribution >= 4 is 5.97 Å². The van der Waals surface area contributed by atoms with Crippen LogP contribution in [0.5, 0.6) is 0 Å². The maximum Gasteiger partial charge on any atom is 0.312 e. The van der Waals surface area contributed by atoms with Crippen LogP contribution in [0.4, 0.5) is 0 Å². The molecule has 2 aromatic carbocycles. The van der Waals surface area contributed by atoms with Crippen molar-refractivity contribution in [2.45, 2.75) is 24.9 Å². The average molecular weight is 296 g/mol. The van der Waals surface area contributed by atoms with Crippen LogP contribution in [0.3, 0.4) is 0 Å². The summed E-state index contributed by atoms with van der Waals surface area (Å²) in [5, 5.41) is 10.9. The molecular formula is C19H20O3. The third-order valence-electron chi connectivity index (χ3n) is 4.37. The molecule has 0 radical (unpaired) electrons. The highest BCUT2D eigenvalue weighted by Gasteiger charge is 2.49. The molecule has 0 bridgehead atoms. The normalized spacial score (nSPS) is 24.2. The predicted molar refractivity (Wildman–Crippen MR) is 84.2 cm³/mol. The van der Waals surface area contributed by atoms with Gasteiger partial charge in [-0.25, -0.2) is 0 Å². The number of cyclic esters (lactones) is 1. The van der Waals surface area contributed by atoms with E-state index in [9.17, 15) is 9.90 Å². The molecule has 3 rings (SSSR count). The topological polar surface area (TPSA) is 46.5 Å². The number of hydrogen-bond donors (Lipinski definition) is 1. The summed E-state index contributed by atoms with van der Waals surface area (Å²) in [5.74, 6) is -0.780. The summed E-state index contributed by atoms with van der Waals surface area (Å²) in [6.07, 6.45) is 2.37. The van der Waals surface area contributed by atoms with Crippen molar-refractivity contribution in [1.29, 1.82) is 0 Å².